The average Bonchev–Trinajstić information content (AvgIpc) is 1.73. The number of allylic oxidation sites excluding steroid dienone is 6. The van der Waals surface area contributed by atoms with Gasteiger partial charge in [-0.15, -0.1) is 131 Å². The molecule has 0 amide bonds. The van der Waals surface area contributed by atoms with Gasteiger partial charge in [-0.25, -0.2) is 5.69 Å². The number of hydrogen-bond acceptors (Lipinski definition) is 12. The van der Waals surface area contributed by atoms with Crippen LogP contribution in [-0.4, -0.2) is 94.0 Å². The van der Waals surface area contributed by atoms with Gasteiger partial charge >= 0.3 is 6.18 Å². The molecule has 0 aliphatic rings. The molecule has 0 bridgehead atoms. The van der Waals surface area contributed by atoms with Crippen LogP contribution in [0, 0.1) is 52.0 Å². The van der Waals surface area contributed by atoms with Crippen LogP contribution in [-0.2, 0) is 101 Å². The molecule has 0 saturated carbocycles. The first-order chi connectivity index (χ1) is 60.4. The summed E-state index contributed by atoms with van der Waals surface area (Å²) >= 11 is 0. The number of nitrogens with zero attached hydrogens (tertiary/aromatic N) is 9. The summed E-state index contributed by atoms with van der Waals surface area (Å²) in [6.07, 6.45) is 0.525. The number of rotatable bonds is 11. The van der Waals surface area contributed by atoms with Gasteiger partial charge in [0.1, 0.15) is 5.69 Å². The van der Waals surface area contributed by atoms with Crippen LogP contribution >= 0.6 is 15.8 Å². The summed E-state index contributed by atoms with van der Waals surface area (Å²) in [6.45, 7) is 26.0. The predicted molar refractivity (Wildman–Crippen MR) is 515 cm³/mol. The van der Waals surface area contributed by atoms with Crippen LogP contribution < -0.4 is 20.8 Å². The molecule has 11 aromatic carbocycles. The molecule has 0 spiro atoms. The Kier molecular flexibility index (Phi) is 48.9. The van der Waals surface area contributed by atoms with E-state index in [9.17, 15) is 27.6 Å². The number of benzene rings is 11. The summed E-state index contributed by atoms with van der Waals surface area (Å²) in [7, 11) is -0.424. The molecule has 6 heterocycles. The van der Waals surface area contributed by atoms with Gasteiger partial charge in [-0.2, -0.15) is 18.7 Å². The summed E-state index contributed by atoms with van der Waals surface area (Å²) in [4.78, 5) is 48.3. The SMILES string of the molecule is CC(=O)C=C(C)O.CC(=O)C=C(C)O.CC(=O)C=C(C)O.C[PH+](C)c1ccccc1.C[PH+](C)c1ccccc1.Cc1cc(-c2[c-]ccc3ccccc23)nc2ccccc12.Cc1cc(-c2[c-]cccc2)[n-]n1.Cc1cc[c-]c(-c2ccc3ccc(C)cc3n2)c1.FC(F)(F)c1cc(-c2ccccn2)[n-]n1.[Ir].[Ir].[Ir].[Os].[c-]1ccccc1-c1nc2ccccc2n1-c1ccccc1. The van der Waals surface area contributed by atoms with Crippen molar-refractivity contribution in [3.63, 3.8) is 0 Å². The number of aliphatic hydroxyl groups excluding tert-OH is 3. The smallest absolute Gasteiger partial charge is 0.431 e. The number of para-hydroxylation sites is 4. The van der Waals surface area contributed by atoms with E-state index < -0.39 is 11.9 Å². The van der Waals surface area contributed by atoms with Gasteiger partial charge in [0.2, 0.25) is 0 Å². The van der Waals surface area contributed by atoms with E-state index >= 15 is 0 Å². The fraction of sp³-hybridized carbons (Fsp3) is 0.142. The Morgan fingerprint density at radius 1 is 0.408 bits per heavy atom. The minimum atomic E-state index is -4.46. The maximum Gasteiger partial charge on any atom is 0.431 e. The molecule has 17 rings (SSSR count). The number of halogens is 3. The number of aryl methyl sites for hydroxylation is 4. The molecular weight excluding hydrogens is 2380 g/mol. The zero-order chi connectivity index (χ0) is 91.1. The third-order valence-electron chi connectivity index (χ3n) is 17.8. The number of imidazole rings is 1. The Hall–Kier alpha value is -11.6. The summed E-state index contributed by atoms with van der Waals surface area (Å²) in [5, 5.41) is 47.3. The van der Waals surface area contributed by atoms with Gasteiger partial charge in [-0.05, 0) is 169 Å². The Morgan fingerprint density at radius 2 is 0.892 bits per heavy atom. The first kappa shape index (κ1) is 111. The van der Waals surface area contributed by atoms with E-state index in [4.69, 9.17) is 30.3 Å². The number of aliphatic hydroxyl groups is 3. The van der Waals surface area contributed by atoms with E-state index in [1.165, 1.54) is 115 Å². The minimum Gasteiger partial charge on any atom is -0.619 e. The third-order valence-corrected chi connectivity index (χ3v) is 20.8. The number of ketones is 3. The Bertz CT molecular complexity index is 6280. The molecule has 0 unspecified atom stereocenters. The van der Waals surface area contributed by atoms with Gasteiger partial charge in [-0.3, -0.25) is 34.3 Å². The van der Waals surface area contributed by atoms with Crippen molar-refractivity contribution in [2.45, 2.75) is 75.4 Å². The second-order valence-corrected chi connectivity index (χ2v) is 34.4. The average molecular weight is 2480 g/mol. The van der Waals surface area contributed by atoms with Crippen LogP contribution in [0.4, 0.5) is 13.2 Å². The van der Waals surface area contributed by atoms with Gasteiger partial charge in [0.25, 0.3) is 0 Å². The molecule has 677 valence electrons. The molecule has 15 nitrogen and oxygen atoms in total. The van der Waals surface area contributed by atoms with Gasteiger partial charge in [0.15, 0.2) is 17.3 Å². The summed E-state index contributed by atoms with van der Waals surface area (Å²) in [5.41, 5.74) is 16.4. The van der Waals surface area contributed by atoms with Crippen molar-refractivity contribution in [2.75, 3.05) is 26.7 Å². The molecule has 0 atom stereocenters. The topological polar surface area (TPSA) is 222 Å². The normalized spacial score (nSPS) is 10.6. The Morgan fingerprint density at radius 3 is 1.39 bits per heavy atom. The number of carbonyl (C=O) groups excluding carboxylic acids is 3. The van der Waals surface area contributed by atoms with Crippen molar-refractivity contribution in [3.8, 4) is 62.2 Å². The monoisotopic (exact) mass is 2490 g/mol. The van der Waals surface area contributed by atoms with Crippen LogP contribution in [0.2, 0.25) is 0 Å². The maximum absolute atomic E-state index is 12.2. The number of hydrogen-bond donors (Lipinski definition) is 3. The van der Waals surface area contributed by atoms with Crippen LogP contribution in [0.3, 0.4) is 0 Å². The van der Waals surface area contributed by atoms with Crippen LogP contribution in [0.1, 0.15) is 69.6 Å². The fourth-order valence-electron chi connectivity index (χ4n) is 12.1. The first-order valence-electron chi connectivity index (χ1n) is 40.3. The van der Waals surface area contributed by atoms with Crippen LogP contribution in [0.25, 0.3) is 106 Å². The van der Waals surface area contributed by atoms with Crippen molar-refractivity contribution in [3.05, 3.63) is 403 Å². The maximum atomic E-state index is 12.2. The molecule has 6 aromatic heterocycles. The van der Waals surface area contributed by atoms with Gasteiger partial charge in [0.05, 0.1) is 82.4 Å². The number of aromatic nitrogens is 9. The summed E-state index contributed by atoms with van der Waals surface area (Å²) < 4.78 is 38.8. The number of carbonyl (C=O) groups is 3. The van der Waals surface area contributed by atoms with E-state index in [2.05, 4.69) is 278 Å². The van der Waals surface area contributed by atoms with Gasteiger partial charge < -0.3 is 40.3 Å². The van der Waals surface area contributed by atoms with E-state index in [1.54, 1.807) is 18.2 Å². The van der Waals surface area contributed by atoms with E-state index in [1.807, 2.05) is 116 Å². The Labute approximate surface area is 816 Å². The van der Waals surface area contributed by atoms with Crippen molar-refractivity contribution < 1.29 is 123 Å². The largest absolute Gasteiger partial charge is 0.619 e. The van der Waals surface area contributed by atoms with Crippen LogP contribution in [0.5, 0.6) is 0 Å². The van der Waals surface area contributed by atoms with Crippen LogP contribution in [0.15, 0.2) is 351 Å². The molecular formula is C106H102F3Ir3N9O6OsP2-4. The van der Waals surface area contributed by atoms with Crippen molar-refractivity contribution in [1.82, 2.24) is 44.9 Å². The number of alkyl halides is 3. The zero-order valence-electron chi connectivity index (χ0n) is 74.3. The fourth-order valence-corrected chi connectivity index (χ4v) is 13.8. The van der Waals surface area contributed by atoms with E-state index in [0.717, 1.165) is 84.7 Å². The van der Waals surface area contributed by atoms with Gasteiger partial charge in [0, 0.05) is 143 Å². The molecule has 0 saturated heterocycles. The molecule has 3 radical (unpaired) electrons. The first-order valence-corrected chi connectivity index (χ1v) is 45.3. The quantitative estimate of drug-likeness (QED) is 0.0474. The standard InChI is InChI=1S/C20H14N.C19H13N2.C17H14N.C10H8N2.C9H5F3N3.2C8H11P.3C5H8O2.3Ir.Os/c1-14-13-20(21-19-12-5-4-9-16(14)19)18-11-6-8-15-7-2-3-10-17(15)18;1-3-9-15(10-4-1)19-20-17-13-7-8-14-18(17)21(19)16-11-5-2-6-12-16;1-12-4-3-5-15(10-12)16-9-8-14-7-6-13(2)11-17(14)18-16;1-8-7-10(12-11-8)9-5-3-2-4-6-9;10-9(11,12)8-5-7(14-15-8)6-3-1-2-4-13-6;2*1-9(2)8-6-4-3-5-7-8;3*1-4(6)3-5(2)7;;;;/h2-10,12-13H,1H3;1-9,11-14H;3-4,6-11H,1-2H3;2-5,7H,1H3;1-5H;2*3-7H,1-2H3;3*3,6H,1-2H3;;;;/q3*-1;-2;-1;;;;;;;;;/p+2. The van der Waals surface area contributed by atoms with E-state index in [-0.39, 0.29) is 136 Å². The van der Waals surface area contributed by atoms with Gasteiger partial charge in [-0.1, -0.05) is 170 Å². The molecule has 3 N–H and O–H groups in total. The molecule has 130 heavy (non-hydrogen) atoms. The van der Waals surface area contributed by atoms with Crippen molar-refractivity contribution in [2.24, 2.45) is 0 Å². The van der Waals surface area contributed by atoms with E-state index in [0.29, 0.717) is 5.69 Å². The zero-order valence-corrected chi connectivity index (χ0v) is 86.1. The predicted octanol–water partition coefficient (Wildman–Crippen LogP) is 24.6. The minimum absolute atomic E-state index is 0. The van der Waals surface area contributed by atoms with Crippen molar-refractivity contribution in [1.29, 1.82) is 0 Å². The Balaban J connectivity index is 0.000000309. The number of pyridine rings is 3. The summed E-state index contributed by atoms with van der Waals surface area (Å²) in [6, 6.07) is 116. The number of fused-ring (bicyclic) bond motifs is 4. The molecule has 24 heteroatoms. The second kappa shape index (κ2) is 57.5. The molecule has 0 aliphatic carbocycles. The third kappa shape index (κ3) is 37.5. The molecule has 0 fully saturated rings. The summed E-state index contributed by atoms with van der Waals surface area (Å²) in [5.74, 6) is 0.732. The molecule has 0 aliphatic heterocycles. The second-order valence-electron chi connectivity index (χ2n) is 29.2. The van der Waals surface area contributed by atoms with Crippen molar-refractivity contribution >= 4 is 87.4 Å². The molecule has 17 aromatic rings.